The summed E-state index contributed by atoms with van der Waals surface area (Å²) in [7, 11) is 1.83. The maximum Gasteiger partial charge on any atom is 0.573 e. The molecule has 0 radical (unpaired) electrons. The van der Waals surface area contributed by atoms with Crippen LogP contribution in [0.1, 0.15) is 17.0 Å². The summed E-state index contributed by atoms with van der Waals surface area (Å²) in [5.74, 6) is 0.0707. The van der Waals surface area contributed by atoms with Crippen molar-refractivity contribution >= 4 is 34.7 Å². The Bertz CT molecular complexity index is 1200. The number of pyridine rings is 1. The predicted molar refractivity (Wildman–Crippen MR) is 115 cm³/mol. The van der Waals surface area contributed by atoms with Crippen LogP contribution in [0.5, 0.6) is 5.75 Å². The van der Waals surface area contributed by atoms with Gasteiger partial charge in [0.2, 0.25) is 5.91 Å². The first-order valence-corrected chi connectivity index (χ1v) is 10.1. The van der Waals surface area contributed by atoms with Gasteiger partial charge in [0, 0.05) is 13.1 Å². The third-order valence-electron chi connectivity index (χ3n) is 4.84. The van der Waals surface area contributed by atoms with Crippen molar-refractivity contribution in [2.24, 2.45) is 0 Å². The first-order chi connectivity index (χ1) is 15.6. The number of halogens is 4. The van der Waals surface area contributed by atoms with Crippen LogP contribution in [0.2, 0.25) is 5.02 Å². The van der Waals surface area contributed by atoms with Gasteiger partial charge >= 0.3 is 6.36 Å². The van der Waals surface area contributed by atoms with Crippen LogP contribution >= 0.6 is 11.6 Å². The van der Waals surface area contributed by atoms with Crippen molar-refractivity contribution in [2.45, 2.75) is 26.4 Å². The fraction of sp³-hybridized carbons (Fsp3) is 0.300. The second-order valence-corrected chi connectivity index (χ2v) is 7.87. The van der Waals surface area contributed by atoms with E-state index in [1.165, 1.54) is 12.1 Å². The molecule has 0 unspecified atom stereocenters. The summed E-state index contributed by atoms with van der Waals surface area (Å²) in [5.41, 5.74) is 3.51. The average Bonchev–Trinajstić information content (AvgIpc) is 3.16. The van der Waals surface area contributed by atoms with Gasteiger partial charge in [-0.05, 0) is 24.6 Å². The lowest BCUT2D eigenvalue weighted by molar-refractivity contribution is -0.274. The van der Waals surface area contributed by atoms with Gasteiger partial charge in [-0.3, -0.25) is 4.79 Å². The molecule has 0 spiro atoms. The molecule has 1 amide bonds. The lowest BCUT2D eigenvalue weighted by atomic mass is 10.2. The Hall–Kier alpha value is -3.54. The molecule has 1 aliphatic heterocycles. The fourth-order valence-electron chi connectivity index (χ4n) is 3.40. The standard InChI is InChI=1S/C20H19ClF3N7O2/c1-11-19-15(30(2)10-18(32)27-19)6-17(26-11)25-7-13-9-31(29-28-13)8-12-3-4-16(14(21)5-12)33-20(22,23)24/h3-6,9H,7-8,10H2,1-2H3,(H,25,26)(H,27,32). The highest BCUT2D eigenvalue weighted by atomic mass is 35.5. The molecule has 0 atom stereocenters. The van der Waals surface area contributed by atoms with Gasteiger partial charge in [-0.2, -0.15) is 0 Å². The number of benzene rings is 1. The Labute approximate surface area is 191 Å². The molecule has 174 valence electrons. The number of ether oxygens (including phenoxy) is 1. The number of carbonyl (C=O) groups is 1. The SMILES string of the molecule is Cc1nc(NCc2cn(Cc3ccc(OC(F)(F)F)c(Cl)c3)nn2)cc2c1NC(=O)CN2C. The zero-order valence-corrected chi connectivity index (χ0v) is 18.3. The number of hydrogen-bond acceptors (Lipinski definition) is 7. The lowest BCUT2D eigenvalue weighted by Gasteiger charge is -2.28. The van der Waals surface area contributed by atoms with E-state index in [0.29, 0.717) is 35.0 Å². The van der Waals surface area contributed by atoms with E-state index in [1.54, 1.807) is 10.9 Å². The minimum atomic E-state index is -4.81. The smallest absolute Gasteiger partial charge is 0.404 e. The summed E-state index contributed by atoms with van der Waals surface area (Å²) >= 11 is 5.89. The van der Waals surface area contributed by atoms with E-state index in [0.717, 1.165) is 11.8 Å². The molecule has 1 aliphatic rings. The van der Waals surface area contributed by atoms with Gasteiger partial charge in [0.05, 0.1) is 47.9 Å². The molecular formula is C20H19ClF3N7O2. The van der Waals surface area contributed by atoms with Gasteiger partial charge in [0.15, 0.2) is 0 Å². The maximum atomic E-state index is 12.4. The van der Waals surface area contributed by atoms with Crippen molar-refractivity contribution < 1.29 is 22.7 Å². The molecule has 3 aromatic rings. The molecule has 0 bridgehead atoms. The zero-order chi connectivity index (χ0) is 23.8. The monoisotopic (exact) mass is 481 g/mol. The quantitative estimate of drug-likeness (QED) is 0.555. The van der Waals surface area contributed by atoms with Crippen molar-refractivity contribution in [2.75, 3.05) is 29.1 Å². The van der Waals surface area contributed by atoms with Gasteiger partial charge in [0.1, 0.15) is 17.3 Å². The number of likely N-dealkylation sites (N-methyl/N-ethyl adjacent to an activating group) is 1. The largest absolute Gasteiger partial charge is 0.573 e. The van der Waals surface area contributed by atoms with E-state index in [2.05, 4.69) is 30.7 Å². The highest BCUT2D eigenvalue weighted by Crippen LogP contribution is 2.33. The van der Waals surface area contributed by atoms with Crippen molar-refractivity contribution in [1.82, 2.24) is 20.0 Å². The summed E-state index contributed by atoms with van der Waals surface area (Å²) in [6.45, 7) is 2.69. The Morgan fingerprint density at radius 2 is 2.09 bits per heavy atom. The van der Waals surface area contributed by atoms with Crippen LogP contribution in [0.15, 0.2) is 30.5 Å². The number of aromatic nitrogens is 4. The Morgan fingerprint density at radius 3 is 2.82 bits per heavy atom. The topological polar surface area (TPSA) is 97.2 Å². The second kappa shape index (κ2) is 8.77. The summed E-state index contributed by atoms with van der Waals surface area (Å²) in [4.78, 5) is 18.1. The maximum absolute atomic E-state index is 12.4. The van der Waals surface area contributed by atoms with Crippen molar-refractivity contribution in [1.29, 1.82) is 0 Å². The van der Waals surface area contributed by atoms with Crippen LogP contribution < -0.4 is 20.3 Å². The molecule has 4 rings (SSSR count). The number of amides is 1. The third kappa shape index (κ3) is 5.45. The van der Waals surface area contributed by atoms with Crippen molar-refractivity contribution in [3.8, 4) is 5.75 Å². The summed E-state index contributed by atoms with van der Waals surface area (Å²) in [6, 6.07) is 5.87. The molecule has 0 aliphatic carbocycles. The van der Waals surface area contributed by atoms with Crippen molar-refractivity contribution in [3.05, 3.63) is 52.4 Å². The summed E-state index contributed by atoms with van der Waals surface area (Å²) < 4.78 is 42.5. The highest BCUT2D eigenvalue weighted by molar-refractivity contribution is 6.32. The fourth-order valence-corrected chi connectivity index (χ4v) is 3.64. The van der Waals surface area contributed by atoms with Crippen LogP contribution in [0.4, 0.5) is 30.4 Å². The number of anilines is 3. The molecule has 3 heterocycles. The number of hydrogen-bond donors (Lipinski definition) is 2. The van der Waals surface area contributed by atoms with Gasteiger partial charge in [-0.15, -0.1) is 18.3 Å². The molecule has 2 aromatic heterocycles. The number of carbonyl (C=O) groups excluding carboxylic acids is 1. The van der Waals surface area contributed by atoms with Gasteiger partial charge < -0.3 is 20.3 Å². The normalized spacial score (nSPS) is 13.5. The molecule has 2 N–H and O–H groups in total. The Morgan fingerprint density at radius 1 is 1.30 bits per heavy atom. The van der Waals surface area contributed by atoms with E-state index in [1.807, 2.05) is 24.9 Å². The minimum Gasteiger partial charge on any atom is -0.404 e. The first-order valence-electron chi connectivity index (χ1n) is 9.77. The Balaban J connectivity index is 1.40. The van der Waals surface area contributed by atoms with E-state index >= 15 is 0 Å². The van der Waals surface area contributed by atoms with Gasteiger partial charge in [-0.1, -0.05) is 22.9 Å². The number of fused-ring (bicyclic) bond motifs is 1. The predicted octanol–water partition coefficient (Wildman–Crippen LogP) is 3.58. The van der Waals surface area contributed by atoms with Crippen LogP contribution in [-0.4, -0.2) is 45.8 Å². The van der Waals surface area contributed by atoms with E-state index in [-0.39, 0.29) is 24.0 Å². The third-order valence-corrected chi connectivity index (χ3v) is 5.13. The molecule has 13 heteroatoms. The number of alkyl halides is 3. The lowest BCUT2D eigenvalue weighted by Crippen LogP contribution is -2.36. The first kappa shape index (κ1) is 22.6. The van der Waals surface area contributed by atoms with Crippen LogP contribution in [0.25, 0.3) is 0 Å². The molecule has 0 saturated heterocycles. The minimum absolute atomic E-state index is 0.0870. The molecule has 1 aromatic carbocycles. The molecule has 0 fully saturated rings. The van der Waals surface area contributed by atoms with Gasteiger partial charge in [-0.25, -0.2) is 9.67 Å². The average molecular weight is 482 g/mol. The molecule has 0 saturated carbocycles. The number of nitrogens with zero attached hydrogens (tertiary/aromatic N) is 5. The van der Waals surface area contributed by atoms with E-state index in [9.17, 15) is 18.0 Å². The second-order valence-electron chi connectivity index (χ2n) is 7.46. The highest BCUT2D eigenvalue weighted by Gasteiger charge is 2.32. The summed E-state index contributed by atoms with van der Waals surface area (Å²) in [6.07, 6.45) is -3.10. The van der Waals surface area contributed by atoms with E-state index < -0.39 is 12.1 Å². The van der Waals surface area contributed by atoms with Crippen LogP contribution in [0, 0.1) is 6.92 Å². The number of rotatable bonds is 6. The van der Waals surface area contributed by atoms with Crippen LogP contribution in [0.3, 0.4) is 0 Å². The van der Waals surface area contributed by atoms with E-state index in [4.69, 9.17) is 11.6 Å². The van der Waals surface area contributed by atoms with Crippen molar-refractivity contribution in [3.63, 3.8) is 0 Å². The molecule has 33 heavy (non-hydrogen) atoms. The zero-order valence-electron chi connectivity index (χ0n) is 17.6. The molecule has 9 nitrogen and oxygen atoms in total. The molecular weight excluding hydrogens is 463 g/mol. The summed E-state index contributed by atoms with van der Waals surface area (Å²) in [5, 5.41) is 14.0. The number of nitrogens with one attached hydrogen (secondary N) is 2. The van der Waals surface area contributed by atoms with Gasteiger partial charge in [0.25, 0.3) is 0 Å². The van der Waals surface area contributed by atoms with Crippen LogP contribution in [-0.2, 0) is 17.9 Å². The number of aryl methyl sites for hydroxylation is 1. The Kier molecular flexibility index (Phi) is 6.02.